The fourth-order valence-corrected chi connectivity index (χ4v) is 3.13. The number of aliphatic hydroxyl groups excluding tert-OH is 1. The summed E-state index contributed by atoms with van der Waals surface area (Å²) in [5.74, 6) is 0. The first-order chi connectivity index (χ1) is 7.33. The highest BCUT2D eigenvalue weighted by Crippen LogP contribution is 2.30. The number of rotatable bonds is 3. The number of nitrogens with zero attached hydrogens (tertiary/aromatic N) is 1. The number of hydrogen-bond donors (Lipinski definition) is 2. The van der Waals surface area contributed by atoms with Gasteiger partial charge in [0, 0.05) is 31.2 Å². The molecule has 0 radical (unpaired) electrons. The molecule has 1 heterocycles. The van der Waals surface area contributed by atoms with Gasteiger partial charge in [0.05, 0.1) is 6.10 Å². The minimum Gasteiger partial charge on any atom is -0.392 e. The van der Waals surface area contributed by atoms with E-state index < -0.39 is 0 Å². The first kappa shape index (κ1) is 10.1. The molecule has 3 unspecified atom stereocenters. The molecule has 3 rings (SSSR count). The van der Waals surface area contributed by atoms with E-state index in [2.05, 4.69) is 10.2 Å². The van der Waals surface area contributed by atoms with E-state index in [0.29, 0.717) is 12.1 Å². The maximum atomic E-state index is 9.76. The van der Waals surface area contributed by atoms with Gasteiger partial charge in [-0.2, -0.15) is 0 Å². The smallest absolute Gasteiger partial charge is 0.0693 e. The van der Waals surface area contributed by atoms with Crippen molar-refractivity contribution in [3.8, 4) is 0 Å². The monoisotopic (exact) mass is 210 g/mol. The van der Waals surface area contributed by atoms with E-state index in [1.165, 1.54) is 45.2 Å². The Morgan fingerprint density at radius 3 is 2.60 bits per heavy atom. The van der Waals surface area contributed by atoms with Crippen LogP contribution in [0.5, 0.6) is 0 Å². The third kappa shape index (κ3) is 2.19. The lowest BCUT2D eigenvalue weighted by Crippen LogP contribution is -2.44. The number of likely N-dealkylation sites (tertiary alicyclic amines) is 1. The topological polar surface area (TPSA) is 35.5 Å². The molecule has 0 aromatic carbocycles. The Hall–Kier alpha value is -0.120. The zero-order valence-electron chi connectivity index (χ0n) is 9.36. The van der Waals surface area contributed by atoms with Crippen molar-refractivity contribution in [1.29, 1.82) is 0 Å². The maximum Gasteiger partial charge on any atom is 0.0693 e. The molecule has 3 aliphatic rings. The fourth-order valence-electron chi connectivity index (χ4n) is 3.13. The molecule has 2 N–H and O–H groups in total. The van der Waals surface area contributed by atoms with Crippen LogP contribution in [-0.2, 0) is 0 Å². The molecule has 2 saturated carbocycles. The van der Waals surface area contributed by atoms with Crippen molar-refractivity contribution in [2.45, 2.75) is 62.8 Å². The molecule has 0 aromatic rings. The van der Waals surface area contributed by atoms with Gasteiger partial charge in [-0.15, -0.1) is 0 Å². The zero-order valence-corrected chi connectivity index (χ0v) is 9.36. The first-order valence-corrected chi connectivity index (χ1v) is 6.51. The summed E-state index contributed by atoms with van der Waals surface area (Å²) in [5.41, 5.74) is 0. The third-order valence-corrected chi connectivity index (χ3v) is 4.21. The van der Waals surface area contributed by atoms with Crippen LogP contribution < -0.4 is 5.32 Å². The van der Waals surface area contributed by atoms with Crippen LogP contribution in [0, 0.1) is 0 Å². The summed E-state index contributed by atoms with van der Waals surface area (Å²) in [6.07, 6.45) is 7.38. The molecule has 15 heavy (non-hydrogen) atoms. The van der Waals surface area contributed by atoms with Crippen LogP contribution in [-0.4, -0.2) is 47.3 Å². The lowest BCUT2D eigenvalue weighted by atomic mass is 10.1. The minimum atomic E-state index is -0.0834. The Balaban J connectivity index is 1.47. The van der Waals surface area contributed by atoms with E-state index in [1.807, 2.05) is 0 Å². The quantitative estimate of drug-likeness (QED) is 0.721. The van der Waals surface area contributed by atoms with Crippen LogP contribution in [0.3, 0.4) is 0 Å². The predicted octanol–water partition coefficient (Wildman–Crippen LogP) is 0.726. The largest absolute Gasteiger partial charge is 0.392 e. The molecule has 0 amide bonds. The van der Waals surface area contributed by atoms with Gasteiger partial charge in [-0.3, -0.25) is 4.90 Å². The van der Waals surface area contributed by atoms with Gasteiger partial charge in [0.1, 0.15) is 0 Å². The average Bonchev–Trinajstić information content (AvgIpc) is 2.86. The summed E-state index contributed by atoms with van der Waals surface area (Å²) >= 11 is 0. The van der Waals surface area contributed by atoms with Crippen LogP contribution in [0.15, 0.2) is 0 Å². The second-order valence-electron chi connectivity index (χ2n) is 5.48. The van der Waals surface area contributed by atoms with Crippen LogP contribution in [0.2, 0.25) is 0 Å². The van der Waals surface area contributed by atoms with Crippen molar-refractivity contribution in [2.24, 2.45) is 0 Å². The highest BCUT2D eigenvalue weighted by molar-refractivity contribution is 4.94. The average molecular weight is 210 g/mol. The number of aliphatic hydroxyl groups is 1. The Bertz CT molecular complexity index is 230. The lowest BCUT2D eigenvalue weighted by molar-refractivity contribution is 0.142. The molecule has 0 aromatic heterocycles. The molecular weight excluding hydrogens is 188 g/mol. The van der Waals surface area contributed by atoms with Gasteiger partial charge in [-0.25, -0.2) is 0 Å². The van der Waals surface area contributed by atoms with Crippen LogP contribution in [0.1, 0.15) is 38.5 Å². The van der Waals surface area contributed by atoms with E-state index in [9.17, 15) is 5.11 Å². The highest BCUT2D eigenvalue weighted by atomic mass is 16.3. The summed E-state index contributed by atoms with van der Waals surface area (Å²) in [4.78, 5) is 2.62. The van der Waals surface area contributed by atoms with Crippen molar-refractivity contribution in [3.05, 3.63) is 0 Å². The molecule has 0 spiro atoms. The zero-order chi connectivity index (χ0) is 10.3. The van der Waals surface area contributed by atoms with E-state index in [-0.39, 0.29) is 6.10 Å². The molecule has 86 valence electrons. The van der Waals surface area contributed by atoms with Gasteiger partial charge in [0.25, 0.3) is 0 Å². The Morgan fingerprint density at radius 1 is 1.07 bits per heavy atom. The number of nitrogens with one attached hydrogen (secondary N) is 1. The summed E-state index contributed by atoms with van der Waals surface area (Å²) < 4.78 is 0. The third-order valence-electron chi connectivity index (χ3n) is 4.21. The second-order valence-corrected chi connectivity index (χ2v) is 5.48. The second kappa shape index (κ2) is 4.04. The van der Waals surface area contributed by atoms with Crippen molar-refractivity contribution in [1.82, 2.24) is 10.2 Å². The van der Waals surface area contributed by atoms with Gasteiger partial charge in [-0.05, 0) is 38.5 Å². The molecule has 1 saturated heterocycles. The molecule has 3 nitrogen and oxygen atoms in total. The normalized spacial score (nSPS) is 42.6. The van der Waals surface area contributed by atoms with E-state index in [4.69, 9.17) is 0 Å². The molecular formula is C12H22N2O. The van der Waals surface area contributed by atoms with Gasteiger partial charge in [0.2, 0.25) is 0 Å². The van der Waals surface area contributed by atoms with Gasteiger partial charge < -0.3 is 10.4 Å². The van der Waals surface area contributed by atoms with Crippen LogP contribution in [0.25, 0.3) is 0 Å². The summed E-state index contributed by atoms with van der Waals surface area (Å²) in [6, 6.07) is 1.93. The maximum absolute atomic E-state index is 9.76. The molecule has 3 fully saturated rings. The minimum absolute atomic E-state index is 0.0834. The van der Waals surface area contributed by atoms with Crippen molar-refractivity contribution >= 4 is 0 Å². The first-order valence-electron chi connectivity index (χ1n) is 6.51. The lowest BCUT2D eigenvalue weighted by Gasteiger charge is -2.22. The summed E-state index contributed by atoms with van der Waals surface area (Å²) in [6.45, 7) is 2.49. The van der Waals surface area contributed by atoms with E-state index in [0.717, 1.165) is 12.5 Å². The molecule has 0 bridgehead atoms. The van der Waals surface area contributed by atoms with E-state index >= 15 is 0 Å². The SMILES string of the molecule is OC1CCCC1NC1CCN(C2CC2)C1. The molecule has 1 aliphatic heterocycles. The van der Waals surface area contributed by atoms with Crippen LogP contribution in [0.4, 0.5) is 0 Å². The Kier molecular flexibility index (Phi) is 2.71. The van der Waals surface area contributed by atoms with Crippen molar-refractivity contribution in [2.75, 3.05) is 13.1 Å². The van der Waals surface area contributed by atoms with Gasteiger partial charge >= 0.3 is 0 Å². The molecule has 2 aliphatic carbocycles. The number of hydrogen-bond acceptors (Lipinski definition) is 3. The van der Waals surface area contributed by atoms with Gasteiger partial charge in [0.15, 0.2) is 0 Å². The standard InChI is InChI=1S/C12H22N2O/c15-12-3-1-2-11(12)13-9-6-7-14(8-9)10-4-5-10/h9-13,15H,1-8H2. The summed E-state index contributed by atoms with van der Waals surface area (Å²) in [5, 5.41) is 13.4. The fraction of sp³-hybridized carbons (Fsp3) is 1.00. The Morgan fingerprint density at radius 2 is 1.93 bits per heavy atom. The van der Waals surface area contributed by atoms with E-state index in [1.54, 1.807) is 0 Å². The van der Waals surface area contributed by atoms with Crippen LogP contribution >= 0.6 is 0 Å². The molecule has 3 atom stereocenters. The van der Waals surface area contributed by atoms with Gasteiger partial charge in [-0.1, -0.05) is 0 Å². The summed E-state index contributed by atoms with van der Waals surface area (Å²) in [7, 11) is 0. The predicted molar refractivity (Wildman–Crippen MR) is 59.8 cm³/mol. The highest BCUT2D eigenvalue weighted by Gasteiger charge is 2.36. The molecule has 3 heteroatoms. The Labute approximate surface area is 91.8 Å². The van der Waals surface area contributed by atoms with Crippen molar-refractivity contribution in [3.63, 3.8) is 0 Å². The van der Waals surface area contributed by atoms with Crippen molar-refractivity contribution < 1.29 is 5.11 Å².